The van der Waals surface area contributed by atoms with E-state index in [4.69, 9.17) is 16.7 Å². The van der Waals surface area contributed by atoms with Crippen LogP contribution >= 0.6 is 0 Å². The molecule has 1 heterocycles. The van der Waals surface area contributed by atoms with Crippen molar-refractivity contribution in [3.63, 3.8) is 0 Å². The second-order valence-corrected chi connectivity index (χ2v) is 5.99. The number of aliphatic imine (C=N–C) groups is 1. The molecule has 2 rings (SSSR count). The number of aryl methyl sites for hydroxylation is 1. The van der Waals surface area contributed by atoms with Gasteiger partial charge in [-0.2, -0.15) is 10.5 Å². The minimum absolute atomic E-state index is 0.0107. The first kappa shape index (κ1) is 20.3. The summed E-state index contributed by atoms with van der Waals surface area (Å²) in [6, 6.07) is 9.67. The van der Waals surface area contributed by atoms with Gasteiger partial charge in [-0.05, 0) is 18.9 Å². The quantitative estimate of drug-likeness (QED) is 0.323. The van der Waals surface area contributed by atoms with E-state index in [2.05, 4.69) is 9.98 Å². The molecular weight excluding hydrogens is 358 g/mol. The normalized spacial score (nSPS) is 10.9. The molecule has 0 aliphatic rings. The van der Waals surface area contributed by atoms with Gasteiger partial charge in [-0.15, -0.1) is 0 Å². The molecule has 0 spiro atoms. The molecule has 9 heteroatoms. The maximum Gasteiger partial charge on any atom is 0.271 e. The fraction of sp³-hybridized carbons (Fsp3) is 0.263. The van der Waals surface area contributed by atoms with Gasteiger partial charge in [0.1, 0.15) is 11.9 Å². The van der Waals surface area contributed by atoms with E-state index in [9.17, 15) is 15.4 Å². The van der Waals surface area contributed by atoms with Gasteiger partial charge in [0.2, 0.25) is 0 Å². The number of nitro groups is 1. The second kappa shape index (κ2) is 9.10. The largest absolute Gasteiger partial charge is 0.397 e. The SMILES string of the molecule is CCCCc1nc(CC#N)c(C#N)c(N)c1C(N)=Nc1cccc([N+](=O)[O-])c1. The minimum atomic E-state index is -0.526. The molecule has 9 nitrogen and oxygen atoms in total. The number of benzene rings is 1. The van der Waals surface area contributed by atoms with Crippen LogP contribution in [0.3, 0.4) is 0 Å². The van der Waals surface area contributed by atoms with Crippen molar-refractivity contribution in [2.75, 3.05) is 5.73 Å². The van der Waals surface area contributed by atoms with Crippen LogP contribution in [0.1, 0.15) is 42.3 Å². The van der Waals surface area contributed by atoms with Crippen LogP contribution in [0, 0.1) is 32.8 Å². The maximum atomic E-state index is 11.0. The molecule has 0 saturated carbocycles. The zero-order chi connectivity index (χ0) is 20.7. The van der Waals surface area contributed by atoms with Gasteiger partial charge in [-0.3, -0.25) is 15.1 Å². The van der Waals surface area contributed by atoms with Gasteiger partial charge < -0.3 is 11.5 Å². The van der Waals surface area contributed by atoms with Gasteiger partial charge in [0.25, 0.3) is 5.69 Å². The highest BCUT2D eigenvalue weighted by Gasteiger charge is 2.20. The van der Waals surface area contributed by atoms with Crippen LogP contribution in [0.4, 0.5) is 17.1 Å². The van der Waals surface area contributed by atoms with Gasteiger partial charge in [0.15, 0.2) is 0 Å². The average Bonchev–Trinajstić information content (AvgIpc) is 2.66. The molecule has 0 fully saturated rings. The summed E-state index contributed by atoms with van der Waals surface area (Å²) in [6.07, 6.45) is 2.21. The second-order valence-electron chi connectivity index (χ2n) is 5.99. The van der Waals surface area contributed by atoms with Crippen molar-refractivity contribution in [2.24, 2.45) is 10.7 Å². The number of pyridine rings is 1. The van der Waals surface area contributed by atoms with Crippen molar-refractivity contribution in [2.45, 2.75) is 32.6 Å². The molecule has 1 aromatic heterocycles. The third kappa shape index (κ3) is 4.40. The molecule has 0 bridgehead atoms. The lowest BCUT2D eigenvalue weighted by atomic mass is 9.99. The highest BCUT2D eigenvalue weighted by molar-refractivity contribution is 6.05. The topological polar surface area (TPSA) is 168 Å². The Morgan fingerprint density at radius 3 is 2.71 bits per heavy atom. The summed E-state index contributed by atoms with van der Waals surface area (Å²) in [5.74, 6) is 0.0107. The number of aromatic nitrogens is 1. The maximum absolute atomic E-state index is 11.0. The van der Waals surface area contributed by atoms with Crippen LogP contribution < -0.4 is 11.5 Å². The molecule has 0 unspecified atom stereocenters. The summed E-state index contributed by atoms with van der Waals surface area (Å²) in [7, 11) is 0. The summed E-state index contributed by atoms with van der Waals surface area (Å²) in [4.78, 5) is 19.1. The van der Waals surface area contributed by atoms with E-state index in [0.717, 1.165) is 12.8 Å². The molecule has 0 aliphatic heterocycles. The number of nitro benzene ring substituents is 1. The van der Waals surface area contributed by atoms with Crippen molar-refractivity contribution >= 4 is 22.9 Å². The number of amidine groups is 1. The number of hydrogen-bond acceptors (Lipinski definition) is 7. The summed E-state index contributed by atoms with van der Waals surface area (Å²) >= 11 is 0. The van der Waals surface area contributed by atoms with E-state index in [-0.39, 0.29) is 34.9 Å². The number of rotatable bonds is 7. The Morgan fingerprint density at radius 1 is 1.36 bits per heavy atom. The average molecular weight is 377 g/mol. The molecule has 0 atom stereocenters. The number of nitrogens with zero attached hydrogens (tertiary/aromatic N) is 5. The first-order chi connectivity index (χ1) is 13.4. The Bertz CT molecular complexity index is 1020. The van der Waals surface area contributed by atoms with Crippen molar-refractivity contribution in [1.82, 2.24) is 4.98 Å². The highest BCUT2D eigenvalue weighted by Crippen LogP contribution is 2.27. The lowest BCUT2D eigenvalue weighted by Gasteiger charge is -2.15. The molecular formula is C19H19N7O2. The van der Waals surface area contributed by atoms with Crippen molar-refractivity contribution in [3.05, 3.63) is 56.9 Å². The lowest BCUT2D eigenvalue weighted by Crippen LogP contribution is -2.21. The molecule has 142 valence electrons. The number of hydrogen-bond donors (Lipinski definition) is 2. The van der Waals surface area contributed by atoms with Crippen LogP contribution in [0.25, 0.3) is 0 Å². The Hall–Kier alpha value is -3.98. The van der Waals surface area contributed by atoms with Gasteiger partial charge in [-0.1, -0.05) is 19.4 Å². The molecule has 0 radical (unpaired) electrons. The molecule has 0 amide bonds. The third-order valence-corrected chi connectivity index (χ3v) is 4.06. The molecule has 0 aliphatic carbocycles. The standard InChI is InChI=1S/C19H19N7O2/c1-2-3-7-16-17(18(22)14(11-21)15(25-16)8-9-20)19(23)24-12-5-4-6-13(10-12)26(27)28/h4-6,10H,2-3,7-8H2,1H3,(H2,22,25)(H2,23,24). The molecule has 28 heavy (non-hydrogen) atoms. The lowest BCUT2D eigenvalue weighted by molar-refractivity contribution is -0.384. The highest BCUT2D eigenvalue weighted by atomic mass is 16.6. The van der Waals surface area contributed by atoms with Gasteiger partial charge >= 0.3 is 0 Å². The molecule has 2 aromatic rings. The molecule has 0 saturated heterocycles. The number of nitriles is 2. The first-order valence-electron chi connectivity index (χ1n) is 8.60. The zero-order valence-electron chi connectivity index (χ0n) is 15.3. The fourth-order valence-electron chi connectivity index (χ4n) is 2.72. The first-order valence-corrected chi connectivity index (χ1v) is 8.60. The fourth-order valence-corrected chi connectivity index (χ4v) is 2.72. The molecule has 1 aromatic carbocycles. The van der Waals surface area contributed by atoms with E-state index in [0.29, 0.717) is 23.4 Å². The Labute approximate surface area is 162 Å². The van der Waals surface area contributed by atoms with Crippen molar-refractivity contribution in [1.29, 1.82) is 10.5 Å². The predicted octanol–water partition coefficient (Wildman–Crippen LogP) is 2.89. The van der Waals surface area contributed by atoms with E-state index >= 15 is 0 Å². The number of unbranched alkanes of at least 4 members (excludes halogenated alkanes) is 1. The van der Waals surface area contributed by atoms with E-state index in [1.807, 2.05) is 19.1 Å². The van der Waals surface area contributed by atoms with E-state index in [1.165, 1.54) is 18.2 Å². The van der Waals surface area contributed by atoms with Crippen LogP contribution in [-0.4, -0.2) is 15.7 Å². The Balaban J connectivity index is 2.64. The van der Waals surface area contributed by atoms with Crippen LogP contribution in [0.15, 0.2) is 29.3 Å². The number of nitrogens with two attached hydrogens (primary N) is 2. The van der Waals surface area contributed by atoms with Gasteiger partial charge in [-0.25, -0.2) is 4.99 Å². The minimum Gasteiger partial charge on any atom is -0.397 e. The van der Waals surface area contributed by atoms with Crippen LogP contribution in [0.5, 0.6) is 0 Å². The Kier molecular flexibility index (Phi) is 6.61. The monoisotopic (exact) mass is 377 g/mol. The van der Waals surface area contributed by atoms with Crippen molar-refractivity contribution in [3.8, 4) is 12.1 Å². The summed E-state index contributed by atoms with van der Waals surface area (Å²) < 4.78 is 0. The predicted molar refractivity (Wildman–Crippen MR) is 105 cm³/mol. The van der Waals surface area contributed by atoms with E-state index < -0.39 is 4.92 Å². The third-order valence-electron chi connectivity index (χ3n) is 4.06. The van der Waals surface area contributed by atoms with Crippen LogP contribution in [-0.2, 0) is 12.8 Å². The smallest absolute Gasteiger partial charge is 0.271 e. The summed E-state index contributed by atoms with van der Waals surface area (Å²) in [5, 5.41) is 29.4. The van der Waals surface area contributed by atoms with Gasteiger partial charge in [0, 0.05) is 12.1 Å². The zero-order valence-corrected chi connectivity index (χ0v) is 15.3. The number of non-ortho nitro benzene ring substituents is 1. The van der Waals surface area contributed by atoms with Crippen LogP contribution in [0.2, 0.25) is 0 Å². The summed E-state index contributed by atoms with van der Waals surface area (Å²) in [6.45, 7) is 2.02. The number of anilines is 1. The molecule has 4 N–H and O–H groups in total. The number of nitrogen functional groups attached to an aromatic ring is 1. The van der Waals surface area contributed by atoms with Crippen molar-refractivity contribution < 1.29 is 4.92 Å². The summed E-state index contributed by atoms with van der Waals surface area (Å²) in [5.41, 5.74) is 13.9. The Morgan fingerprint density at radius 2 is 2.11 bits per heavy atom. The van der Waals surface area contributed by atoms with E-state index in [1.54, 1.807) is 6.07 Å². The van der Waals surface area contributed by atoms with Gasteiger partial charge in [0.05, 0.1) is 51.3 Å².